The summed E-state index contributed by atoms with van der Waals surface area (Å²) >= 11 is 0. The summed E-state index contributed by atoms with van der Waals surface area (Å²) in [6, 6.07) is 22.2. The van der Waals surface area contributed by atoms with E-state index in [0.717, 1.165) is 16.7 Å². The first kappa shape index (κ1) is 18.1. The van der Waals surface area contributed by atoms with Gasteiger partial charge in [-0.1, -0.05) is 54.1 Å². The Hall–Kier alpha value is -3.99. The van der Waals surface area contributed by atoms with E-state index in [-0.39, 0.29) is 16.5 Å². The molecular formula is C25H18N2O3. The molecular weight excluding hydrogens is 376 g/mol. The van der Waals surface area contributed by atoms with Crippen LogP contribution in [-0.2, 0) is 0 Å². The average Bonchev–Trinajstić information content (AvgIpc) is 2.75. The summed E-state index contributed by atoms with van der Waals surface area (Å²) in [4.78, 5) is 31.5. The maximum Gasteiger partial charge on any atom is 0.273 e. The molecule has 0 unspecified atom stereocenters. The van der Waals surface area contributed by atoms with Gasteiger partial charge in [0.2, 0.25) is 11.1 Å². The lowest BCUT2D eigenvalue weighted by molar-refractivity contribution is 0.641. The first-order chi connectivity index (χ1) is 14.5. The summed E-state index contributed by atoms with van der Waals surface area (Å²) in [5, 5.41) is 0.314. The van der Waals surface area contributed by atoms with Gasteiger partial charge in [-0.3, -0.25) is 14.2 Å². The molecule has 3 aromatic carbocycles. The first-order valence-corrected chi connectivity index (χ1v) is 9.66. The standard InChI is InChI=1S/C25H18N2O3/c1-15-11-13-17(14-12-15)27-23(18-8-4-3-7-16(18)2)26-24-21(25(27)29)22(28)19-9-5-6-10-20(19)30-24/h3-14H,1-2H3. The highest BCUT2D eigenvalue weighted by atomic mass is 16.3. The summed E-state index contributed by atoms with van der Waals surface area (Å²) in [5.74, 6) is 0.438. The molecule has 0 aliphatic heterocycles. The minimum atomic E-state index is -0.443. The van der Waals surface area contributed by atoms with Crippen molar-refractivity contribution in [2.24, 2.45) is 0 Å². The molecule has 5 rings (SSSR count). The second-order valence-corrected chi connectivity index (χ2v) is 7.33. The van der Waals surface area contributed by atoms with Gasteiger partial charge in [0.25, 0.3) is 5.56 Å². The molecule has 5 aromatic rings. The molecule has 0 atom stereocenters. The lowest BCUT2D eigenvalue weighted by Crippen LogP contribution is -2.26. The van der Waals surface area contributed by atoms with Gasteiger partial charge in [0.05, 0.1) is 11.1 Å². The molecule has 5 nitrogen and oxygen atoms in total. The zero-order valence-electron chi connectivity index (χ0n) is 16.5. The topological polar surface area (TPSA) is 65.1 Å². The van der Waals surface area contributed by atoms with E-state index < -0.39 is 5.56 Å². The highest BCUT2D eigenvalue weighted by Crippen LogP contribution is 2.25. The fourth-order valence-corrected chi connectivity index (χ4v) is 3.69. The second kappa shape index (κ2) is 6.81. The third-order valence-electron chi connectivity index (χ3n) is 5.29. The van der Waals surface area contributed by atoms with E-state index in [9.17, 15) is 9.59 Å². The summed E-state index contributed by atoms with van der Waals surface area (Å²) < 4.78 is 7.39. The van der Waals surface area contributed by atoms with Crippen LogP contribution in [0.5, 0.6) is 0 Å². The van der Waals surface area contributed by atoms with Crippen LogP contribution in [0.1, 0.15) is 11.1 Å². The van der Waals surface area contributed by atoms with Crippen LogP contribution >= 0.6 is 0 Å². The maximum absolute atomic E-state index is 13.6. The van der Waals surface area contributed by atoms with Crippen molar-refractivity contribution in [2.45, 2.75) is 13.8 Å². The van der Waals surface area contributed by atoms with Gasteiger partial charge in [0, 0.05) is 5.56 Å². The van der Waals surface area contributed by atoms with Crippen LogP contribution in [0.2, 0.25) is 0 Å². The van der Waals surface area contributed by atoms with Gasteiger partial charge in [-0.25, -0.2) is 0 Å². The monoisotopic (exact) mass is 394 g/mol. The van der Waals surface area contributed by atoms with Crippen molar-refractivity contribution in [3.8, 4) is 17.1 Å². The van der Waals surface area contributed by atoms with Gasteiger partial charge in [-0.05, 0) is 43.7 Å². The van der Waals surface area contributed by atoms with E-state index in [2.05, 4.69) is 4.98 Å². The molecule has 0 saturated carbocycles. The lowest BCUT2D eigenvalue weighted by atomic mass is 10.1. The molecule has 0 aliphatic rings. The van der Waals surface area contributed by atoms with Crippen LogP contribution in [0.3, 0.4) is 0 Å². The first-order valence-electron chi connectivity index (χ1n) is 9.66. The van der Waals surface area contributed by atoms with Crippen molar-refractivity contribution < 1.29 is 4.42 Å². The zero-order chi connectivity index (χ0) is 20.8. The molecule has 0 radical (unpaired) electrons. The quantitative estimate of drug-likeness (QED) is 0.404. The van der Waals surface area contributed by atoms with Crippen LogP contribution in [0.4, 0.5) is 0 Å². The molecule has 0 fully saturated rings. The molecule has 2 heterocycles. The Morgan fingerprint density at radius 2 is 1.53 bits per heavy atom. The Labute approximate surface area is 171 Å². The van der Waals surface area contributed by atoms with Gasteiger partial charge in [-0.15, -0.1) is 0 Å². The van der Waals surface area contributed by atoms with Gasteiger partial charge >= 0.3 is 0 Å². The summed E-state index contributed by atoms with van der Waals surface area (Å²) in [6.07, 6.45) is 0. The van der Waals surface area contributed by atoms with Crippen molar-refractivity contribution in [3.63, 3.8) is 0 Å². The number of hydrogen-bond acceptors (Lipinski definition) is 4. The molecule has 0 spiro atoms. The molecule has 2 aromatic heterocycles. The Kier molecular flexibility index (Phi) is 4.10. The van der Waals surface area contributed by atoms with Gasteiger partial charge < -0.3 is 4.42 Å². The van der Waals surface area contributed by atoms with E-state index in [1.54, 1.807) is 24.3 Å². The molecule has 0 saturated heterocycles. The molecule has 146 valence electrons. The molecule has 0 amide bonds. The van der Waals surface area contributed by atoms with Crippen LogP contribution in [0, 0.1) is 13.8 Å². The van der Waals surface area contributed by atoms with Crippen LogP contribution < -0.4 is 11.0 Å². The number of para-hydroxylation sites is 1. The van der Waals surface area contributed by atoms with Crippen LogP contribution in [0.15, 0.2) is 86.8 Å². The van der Waals surface area contributed by atoms with Crippen molar-refractivity contribution >= 4 is 22.1 Å². The number of hydrogen-bond donors (Lipinski definition) is 0. The lowest BCUT2D eigenvalue weighted by Gasteiger charge is -2.15. The summed E-state index contributed by atoms with van der Waals surface area (Å²) in [5.41, 5.74) is 3.12. The predicted molar refractivity (Wildman–Crippen MR) is 118 cm³/mol. The van der Waals surface area contributed by atoms with E-state index in [0.29, 0.717) is 22.5 Å². The van der Waals surface area contributed by atoms with Crippen molar-refractivity contribution in [1.29, 1.82) is 0 Å². The number of aromatic nitrogens is 2. The highest BCUT2D eigenvalue weighted by Gasteiger charge is 2.20. The minimum absolute atomic E-state index is 0.0466. The van der Waals surface area contributed by atoms with E-state index in [1.807, 2.05) is 62.4 Å². The van der Waals surface area contributed by atoms with Crippen LogP contribution in [-0.4, -0.2) is 9.55 Å². The number of rotatable bonds is 2. The van der Waals surface area contributed by atoms with E-state index in [4.69, 9.17) is 4.42 Å². The number of benzene rings is 3. The molecule has 0 aliphatic carbocycles. The Bertz CT molecular complexity index is 1540. The van der Waals surface area contributed by atoms with Crippen molar-refractivity contribution in [3.05, 3.63) is 105 Å². The SMILES string of the molecule is Cc1ccc(-n2c(-c3ccccc3C)nc3oc4ccccc4c(=O)c3c2=O)cc1. The fraction of sp³-hybridized carbons (Fsp3) is 0.0800. The molecule has 5 heteroatoms. The normalized spacial score (nSPS) is 11.3. The Morgan fingerprint density at radius 3 is 2.30 bits per heavy atom. The largest absolute Gasteiger partial charge is 0.437 e. The third kappa shape index (κ3) is 2.75. The Balaban J connectivity index is 1.99. The zero-order valence-corrected chi connectivity index (χ0v) is 16.5. The average molecular weight is 394 g/mol. The predicted octanol–water partition coefficient (Wildman–Crippen LogP) is 4.78. The summed E-state index contributed by atoms with van der Waals surface area (Å²) in [6.45, 7) is 3.94. The highest BCUT2D eigenvalue weighted by molar-refractivity contribution is 5.88. The smallest absolute Gasteiger partial charge is 0.273 e. The molecule has 0 bridgehead atoms. The number of nitrogens with zero attached hydrogens (tertiary/aromatic N) is 2. The van der Waals surface area contributed by atoms with E-state index >= 15 is 0 Å². The Morgan fingerprint density at radius 1 is 0.833 bits per heavy atom. The second-order valence-electron chi connectivity index (χ2n) is 7.33. The minimum Gasteiger partial charge on any atom is -0.437 e. The number of aryl methyl sites for hydroxylation is 2. The van der Waals surface area contributed by atoms with Crippen molar-refractivity contribution in [1.82, 2.24) is 9.55 Å². The maximum atomic E-state index is 13.6. The van der Waals surface area contributed by atoms with Crippen molar-refractivity contribution in [2.75, 3.05) is 0 Å². The van der Waals surface area contributed by atoms with Gasteiger partial charge in [0.1, 0.15) is 5.58 Å². The number of fused-ring (bicyclic) bond motifs is 2. The fourth-order valence-electron chi connectivity index (χ4n) is 3.69. The third-order valence-corrected chi connectivity index (χ3v) is 5.29. The van der Waals surface area contributed by atoms with Gasteiger partial charge in [-0.2, -0.15) is 4.98 Å². The van der Waals surface area contributed by atoms with Gasteiger partial charge in [0.15, 0.2) is 11.2 Å². The molecule has 30 heavy (non-hydrogen) atoms. The van der Waals surface area contributed by atoms with E-state index in [1.165, 1.54) is 4.57 Å². The molecule has 0 N–H and O–H groups in total. The summed E-state index contributed by atoms with van der Waals surface area (Å²) in [7, 11) is 0. The van der Waals surface area contributed by atoms with Crippen LogP contribution in [0.25, 0.3) is 39.1 Å².